The first-order valence-electron chi connectivity index (χ1n) is 11.2. The first-order chi connectivity index (χ1) is 17.0. The molecule has 3 aromatic carbocycles. The van der Waals surface area contributed by atoms with Gasteiger partial charge in [-0.25, -0.2) is 0 Å². The van der Waals surface area contributed by atoms with Crippen LogP contribution in [0, 0.1) is 0 Å². The van der Waals surface area contributed by atoms with E-state index in [0.29, 0.717) is 24.3 Å². The van der Waals surface area contributed by atoms with Crippen molar-refractivity contribution in [1.82, 2.24) is 10.2 Å². The summed E-state index contributed by atoms with van der Waals surface area (Å²) in [6.45, 7) is 0.657. The Morgan fingerprint density at radius 1 is 0.886 bits per heavy atom. The van der Waals surface area contributed by atoms with Gasteiger partial charge in [0.25, 0.3) is 23.6 Å². The third-order valence-corrected chi connectivity index (χ3v) is 5.67. The highest BCUT2D eigenvalue weighted by Gasteiger charge is 2.36. The summed E-state index contributed by atoms with van der Waals surface area (Å²) >= 11 is 0. The van der Waals surface area contributed by atoms with Crippen molar-refractivity contribution in [2.24, 2.45) is 0 Å². The van der Waals surface area contributed by atoms with Crippen LogP contribution in [-0.4, -0.2) is 48.8 Å². The smallest absolute Gasteiger partial charge is 0.261 e. The molecule has 8 heteroatoms. The first-order valence-corrected chi connectivity index (χ1v) is 11.2. The lowest BCUT2D eigenvalue weighted by Crippen LogP contribution is -2.37. The molecule has 0 aliphatic carbocycles. The second-order valence-electron chi connectivity index (χ2n) is 8.04. The van der Waals surface area contributed by atoms with E-state index in [4.69, 9.17) is 4.74 Å². The van der Waals surface area contributed by atoms with Crippen LogP contribution in [-0.2, 0) is 9.53 Å². The minimum Gasteiger partial charge on any atom is -0.385 e. The van der Waals surface area contributed by atoms with E-state index < -0.39 is 29.7 Å². The lowest BCUT2D eigenvalue weighted by molar-refractivity contribution is -0.118. The maximum atomic E-state index is 13.1. The van der Waals surface area contributed by atoms with E-state index in [1.54, 1.807) is 55.6 Å². The van der Waals surface area contributed by atoms with Crippen LogP contribution < -0.4 is 10.6 Å². The number of nitrogens with zero attached hydrogens (tertiary/aromatic N) is 1. The fourth-order valence-electron chi connectivity index (χ4n) is 3.90. The average molecular weight is 472 g/mol. The predicted octanol–water partition coefficient (Wildman–Crippen LogP) is 3.43. The number of imide groups is 1. The Kier molecular flexibility index (Phi) is 7.32. The number of ether oxygens (including phenoxy) is 1. The van der Waals surface area contributed by atoms with Crippen LogP contribution in [0.1, 0.15) is 49.1 Å². The maximum absolute atomic E-state index is 13.1. The molecule has 4 amide bonds. The minimum absolute atomic E-state index is 0.171. The van der Waals surface area contributed by atoms with Crippen LogP contribution in [0.5, 0.6) is 0 Å². The summed E-state index contributed by atoms with van der Waals surface area (Å²) in [5.41, 5.74) is 1.81. The molecule has 4 rings (SSSR count). The molecule has 2 N–H and O–H groups in total. The molecule has 0 fully saturated rings. The van der Waals surface area contributed by atoms with Gasteiger partial charge in [-0.05, 0) is 42.3 Å². The number of methoxy groups -OCH3 is 1. The van der Waals surface area contributed by atoms with Gasteiger partial charge in [-0.3, -0.25) is 24.1 Å². The standard InChI is InChI=1S/C27H25N3O5/c1-35-16-8-15-30-26(33)21-14-13-19(17-22(21)27(30)34)24(31)29-23(18-9-4-2-5-10-18)25(32)28-20-11-6-3-7-12-20/h2-7,9-14,17,23H,8,15-16H2,1H3,(H,28,32)(H,29,31). The molecule has 178 valence electrons. The number of rotatable bonds is 9. The van der Waals surface area contributed by atoms with Crippen LogP contribution in [0.15, 0.2) is 78.9 Å². The summed E-state index contributed by atoms with van der Waals surface area (Å²) in [5.74, 6) is -1.79. The molecule has 0 spiro atoms. The van der Waals surface area contributed by atoms with Crippen LogP contribution in [0.3, 0.4) is 0 Å². The summed E-state index contributed by atoms with van der Waals surface area (Å²) in [7, 11) is 1.55. The number of nitrogens with one attached hydrogen (secondary N) is 2. The number of fused-ring (bicyclic) bond motifs is 1. The Labute approximate surface area is 202 Å². The van der Waals surface area contributed by atoms with E-state index in [0.717, 1.165) is 4.90 Å². The SMILES string of the molecule is COCCCN1C(=O)c2ccc(C(=O)NC(C(=O)Nc3ccccc3)c3ccccc3)cc2C1=O. The Morgan fingerprint density at radius 3 is 2.23 bits per heavy atom. The number of carbonyl (C=O) groups excluding carboxylic acids is 4. The lowest BCUT2D eigenvalue weighted by atomic mass is 10.0. The molecule has 3 aromatic rings. The van der Waals surface area contributed by atoms with Gasteiger partial charge in [-0.15, -0.1) is 0 Å². The van der Waals surface area contributed by atoms with Crippen molar-refractivity contribution < 1.29 is 23.9 Å². The molecular weight excluding hydrogens is 446 g/mol. The van der Waals surface area contributed by atoms with E-state index in [1.807, 2.05) is 12.1 Å². The molecule has 8 nitrogen and oxygen atoms in total. The molecule has 1 aliphatic heterocycles. The molecule has 0 saturated heterocycles. The molecule has 1 heterocycles. The number of carbonyl (C=O) groups is 4. The number of hydrogen-bond donors (Lipinski definition) is 2. The molecule has 1 atom stereocenters. The van der Waals surface area contributed by atoms with Gasteiger partial charge in [0, 0.05) is 31.5 Å². The summed E-state index contributed by atoms with van der Waals surface area (Å²) in [4.78, 5) is 52.8. The quantitative estimate of drug-likeness (QED) is 0.368. The van der Waals surface area contributed by atoms with Crippen molar-refractivity contribution in [2.45, 2.75) is 12.5 Å². The predicted molar refractivity (Wildman–Crippen MR) is 130 cm³/mol. The van der Waals surface area contributed by atoms with Gasteiger partial charge in [-0.2, -0.15) is 0 Å². The van der Waals surface area contributed by atoms with E-state index in [-0.39, 0.29) is 23.2 Å². The zero-order valence-electron chi connectivity index (χ0n) is 19.2. The number of hydrogen-bond acceptors (Lipinski definition) is 5. The second kappa shape index (κ2) is 10.8. The van der Waals surface area contributed by atoms with Crippen molar-refractivity contribution >= 4 is 29.3 Å². The highest BCUT2D eigenvalue weighted by molar-refractivity contribution is 6.22. The Hall–Kier alpha value is -4.30. The van der Waals surface area contributed by atoms with Crippen LogP contribution in [0.4, 0.5) is 5.69 Å². The largest absolute Gasteiger partial charge is 0.385 e. The van der Waals surface area contributed by atoms with Gasteiger partial charge >= 0.3 is 0 Å². The molecular formula is C27H25N3O5. The van der Waals surface area contributed by atoms with Gasteiger partial charge in [0.15, 0.2) is 0 Å². The summed E-state index contributed by atoms with van der Waals surface area (Å²) < 4.78 is 5.00. The van der Waals surface area contributed by atoms with Crippen molar-refractivity contribution in [3.8, 4) is 0 Å². The molecule has 0 bridgehead atoms. The Bertz CT molecular complexity index is 1240. The van der Waals surface area contributed by atoms with Crippen LogP contribution >= 0.6 is 0 Å². The van der Waals surface area contributed by atoms with Gasteiger partial charge in [0.05, 0.1) is 11.1 Å². The third-order valence-electron chi connectivity index (χ3n) is 5.67. The summed E-state index contributed by atoms with van der Waals surface area (Å²) in [6, 6.07) is 21.2. The van der Waals surface area contributed by atoms with E-state index in [2.05, 4.69) is 10.6 Å². The van der Waals surface area contributed by atoms with E-state index in [1.165, 1.54) is 18.2 Å². The van der Waals surface area contributed by atoms with Crippen molar-refractivity contribution in [1.29, 1.82) is 0 Å². The first kappa shape index (κ1) is 23.8. The van der Waals surface area contributed by atoms with Crippen LogP contribution in [0.25, 0.3) is 0 Å². The molecule has 0 aromatic heterocycles. The molecule has 0 radical (unpaired) electrons. The molecule has 0 saturated carbocycles. The number of anilines is 1. The van der Waals surface area contributed by atoms with Gasteiger partial charge in [0.1, 0.15) is 6.04 Å². The highest BCUT2D eigenvalue weighted by atomic mass is 16.5. The van der Waals surface area contributed by atoms with Crippen molar-refractivity contribution in [2.75, 3.05) is 25.6 Å². The number of para-hydroxylation sites is 1. The molecule has 35 heavy (non-hydrogen) atoms. The van der Waals surface area contributed by atoms with E-state index in [9.17, 15) is 19.2 Å². The second-order valence-corrected chi connectivity index (χ2v) is 8.04. The number of benzene rings is 3. The Balaban J connectivity index is 1.55. The minimum atomic E-state index is -0.972. The third kappa shape index (κ3) is 5.28. The van der Waals surface area contributed by atoms with Gasteiger partial charge in [0.2, 0.25) is 0 Å². The zero-order valence-corrected chi connectivity index (χ0v) is 19.2. The highest BCUT2D eigenvalue weighted by Crippen LogP contribution is 2.25. The number of amides is 4. The molecule has 1 unspecified atom stereocenters. The van der Waals surface area contributed by atoms with Crippen LogP contribution in [0.2, 0.25) is 0 Å². The molecule has 1 aliphatic rings. The average Bonchev–Trinajstić information content (AvgIpc) is 3.12. The van der Waals surface area contributed by atoms with Gasteiger partial charge in [-0.1, -0.05) is 48.5 Å². The monoisotopic (exact) mass is 471 g/mol. The Morgan fingerprint density at radius 2 is 1.54 bits per heavy atom. The van der Waals surface area contributed by atoms with E-state index >= 15 is 0 Å². The lowest BCUT2D eigenvalue weighted by Gasteiger charge is -2.19. The fourth-order valence-corrected chi connectivity index (χ4v) is 3.90. The summed E-state index contributed by atoms with van der Waals surface area (Å²) in [5, 5.41) is 5.58. The van der Waals surface area contributed by atoms with Crippen molar-refractivity contribution in [3.63, 3.8) is 0 Å². The maximum Gasteiger partial charge on any atom is 0.261 e. The zero-order chi connectivity index (χ0) is 24.8. The topological polar surface area (TPSA) is 105 Å². The van der Waals surface area contributed by atoms with Crippen molar-refractivity contribution in [3.05, 3.63) is 101 Å². The van der Waals surface area contributed by atoms with Gasteiger partial charge < -0.3 is 15.4 Å². The normalized spacial score (nSPS) is 13.3. The fraction of sp³-hybridized carbons (Fsp3) is 0.185. The summed E-state index contributed by atoms with van der Waals surface area (Å²) in [6.07, 6.45) is 0.518.